The number of aliphatic hydroxyl groups excluding tert-OH is 1. The molecule has 3 nitrogen and oxygen atoms in total. The van der Waals surface area contributed by atoms with Gasteiger partial charge in [0.1, 0.15) is 0 Å². The van der Waals surface area contributed by atoms with Crippen molar-refractivity contribution in [3.05, 3.63) is 0 Å². The molecular weight excluding hydrogens is 202 g/mol. The lowest BCUT2D eigenvalue weighted by atomic mass is 9.86. The maximum absolute atomic E-state index is 12.0. The summed E-state index contributed by atoms with van der Waals surface area (Å²) in [6.07, 6.45) is 6.96. The fraction of sp³-hybridized carbons (Fsp3) is 0.923. The average Bonchev–Trinajstić information content (AvgIpc) is 2.64. The van der Waals surface area contributed by atoms with Crippen LogP contribution in [-0.4, -0.2) is 23.2 Å². The number of aliphatic hydroxyl groups is 1. The molecule has 2 N–H and O–H groups in total. The SMILES string of the molecule is CC1CCCC(NC(=O)C2CCCC2O)C1. The van der Waals surface area contributed by atoms with E-state index in [4.69, 9.17) is 0 Å². The van der Waals surface area contributed by atoms with Crippen molar-refractivity contribution in [1.82, 2.24) is 5.32 Å². The van der Waals surface area contributed by atoms with Gasteiger partial charge in [-0.25, -0.2) is 0 Å². The van der Waals surface area contributed by atoms with Gasteiger partial charge >= 0.3 is 0 Å². The number of amides is 1. The van der Waals surface area contributed by atoms with E-state index in [9.17, 15) is 9.90 Å². The van der Waals surface area contributed by atoms with Crippen LogP contribution in [0.3, 0.4) is 0 Å². The third-order valence-corrected chi connectivity index (χ3v) is 4.10. The third kappa shape index (κ3) is 2.76. The first-order valence-corrected chi connectivity index (χ1v) is 6.65. The Morgan fingerprint density at radius 1 is 1.19 bits per heavy atom. The second-order valence-electron chi connectivity index (χ2n) is 5.58. The fourth-order valence-electron chi connectivity index (χ4n) is 3.12. The topological polar surface area (TPSA) is 49.3 Å². The van der Waals surface area contributed by atoms with Crippen LogP contribution in [0.4, 0.5) is 0 Å². The summed E-state index contributed by atoms with van der Waals surface area (Å²) in [5.41, 5.74) is 0. The van der Waals surface area contributed by atoms with Crippen molar-refractivity contribution in [1.29, 1.82) is 0 Å². The Bertz CT molecular complexity index is 254. The standard InChI is InChI=1S/C13H23NO2/c1-9-4-2-5-10(8-9)14-13(16)11-6-3-7-12(11)15/h9-12,15H,2-8H2,1H3,(H,14,16). The first kappa shape index (κ1) is 11.9. The molecule has 4 unspecified atom stereocenters. The van der Waals surface area contributed by atoms with Gasteiger partial charge in [0.15, 0.2) is 0 Å². The van der Waals surface area contributed by atoms with E-state index >= 15 is 0 Å². The summed E-state index contributed by atoms with van der Waals surface area (Å²) in [6, 6.07) is 0.351. The molecule has 0 aromatic rings. The highest BCUT2D eigenvalue weighted by Gasteiger charge is 2.32. The minimum absolute atomic E-state index is 0.0871. The predicted octanol–water partition coefficient (Wildman–Crippen LogP) is 1.84. The first-order chi connectivity index (χ1) is 7.66. The molecule has 0 bridgehead atoms. The molecule has 0 aromatic carbocycles. The van der Waals surface area contributed by atoms with Crippen LogP contribution in [0, 0.1) is 11.8 Å². The van der Waals surface area contributed by atoms with E-state index in [0.29, 0.717) is 6.04 Å². The highest BCUT2D eigenvalue weighted by Crippen LogP contribution is 2.27. The van der Waals surface area contributed by atoms with E-state index in [1.807, 2.05) is 0 Å². The lowest BCUT2D eigenvalue weighted by Gasteiger charge is -2.28. The van der Waals surface area contributed by atoms with Gasteiger partial charge in [-0.05, 0) is 38.0 Å². The summed E-state index contributed by atoms with van der Waals surface area (Å²) in [4.78, 5) is 12.0. The van der Waals surface area contributed by atoms with E-state index in [1.165, 1.54) is 12.8 Å². The van der Waals surface area contributed by atoms with Crippen LogP contribution in [0.1, 0.15) is 51.9 Å². The van der Waals surface area contributed by atoms with Gasteiger partial charge in [0.05, 0.1) is 12.0 Å². The number of hydrogen-bond donors (Lipinski definition) is 2. The number of carbonyl (C=O) groups is 1. The Balaban J connectivity index is 1.82. The molecule has 0 aromatic heterocycles. The highest BCUT2D eigenvalue weighted by molar-refractivity contribution is 5.79. The van der Waals surface area contributed by atoms with Gasteiger partial charge in [0, 0.05) is 6.04 Å². The van der Waals surface area contributed by atoms with Crippen LogP contribution in [-0.2, 0) is 4.79 Å². The van der Waals surface area contributed by atoms with Gasteiger partial charge in [0.25, 0.3) is 0 Å². The first-order valence-electron chi connectivity index (χ1n) is 6.65. The fourth-order valence-corrected chi connectivity index (χ4v) is 3.12. The van der Waals surface area contributed by atoms with Gasteiger partial charge < -0.3 is 10.4 Å². The minimum Gasteiger partial charge on any atom is -0.392 e. The summed E-state index contributed by atoms with van der Waals surface area (Å²) in [5, 5.41) is 12.8. The highest BCUT2D eigenvalue weighted by atomic mass is 16.3. The molecule has 2 aliphatic carbocycles. The van der Waals surface area contributed by atoms with Crippen LogP contribution in [0.15, 0.2) is 0 Å². The Hall–Kier alpha value is -0.570. The van der Waals surface area contributed by atoms with Gasteiger partial charge in [-0.1, -0.05) is 19.8 Å². The van der Waals surface area contributed by atoms with Crippen LogP contribution in [0.2, 0.25) is 0 Å². The second kappa shape index (κ2) is 5.17. The van der Waals surface area contributed by atoms with Gasteiger partial charge in [-0.15, -0.1) is 0 Å². The van der Waals surface area contributed by atoms with Crippen molar-refractivity contribution in [2.24, 2.45) is 11.8 Å². The van der Waals surface area contributed by atoms with E-state index in [1.54, 1.807) is 0 Å². The number of nitrogens with one attached hydrogen (secondary N) is 1. The molecule has 2 aliphatic rings. The molecule has 0 radical (unpaired) electrons. The molecule has 1 amide bonds. The Morgan fingerprint density at radius 3 is 2.56 bits per heavy atom. The van der Waals surface area contributed by atoms with E-state index in [-0.39, 0.29) is 11.8 Å². The molecule has 16 heavy (non-hydrogen) atoms. The van der Waals surface area contributed by atoms with Crippen molar-refractivity contribution in [2.45, 2.75) is 64.0 Å². The van der Waals surface area contributed by atoms with Crippen molar-refractivity contribution in [3.8, 4) is 0 Å². The zero-order valence-corrected chi connectivity index (χ0v) is 10.1. The summed E-state index contributed by atoms with van der Waals surface area (Å²) >= 11 is 0. The van der Waals surface area contributed by atoms with Gasteiger partial charge in [0.2, 0.25) is 5.91 Å². The summed E-state index contributed by atoms with van der Waals surface area (Å²) < 4.78 is 0. The van der Waals surface area contributed by atoms with Crippen LogP contribution in [0.25, 0.3) is 0 Å². The van der Waals surface area contributed by atoms with Crippen molar-refractivity contribution < 1.29 is 9.90 Å². The Labute approximate surface area is 97.6 Å². The van der Waals surface area contributed by atoms with Crippen LogP contribution < -0.4 is 5.32 Å². The quantitative estimate of drug-likeness (QED) is 0.753. The lowest BCUT2D eigenvalue weighted by molar-refractivity contribution is -0.128. The van der Waals surface area contributed by atoms with E-state index in [0.717, 1.165) is 38.0 Å². The van der Waals surface area contributed by atoms with E-state index < -0.39 is 6.10 Å². The van der Waals surface area contributed by atoms with Crippen molar-refractivity contribution >= 4 is 5.91 Å². The average molecular weight is 225 g/mol. The van der Waals surface area contributed by atoms with Crippen LogP contribution in [0.5, 0.6) is 0 Å². The molecule has 0 spiro atoms. The summed E-state index contributed by atoms with van der Waals surface area (Å²) in [6.45, 7) is 2.25. The van der Waals surface area contributed by atoms with Crippen LogP contribution >= 0.6 is 0 Å². The molecule has 3 heteroatoms. The number of rotatable bonds is 2. The Morgan fingerprint density at radius 2 is 1.94 bits per heavy atom. The summed E-state index contributed by atoms with van der Waals surface area (Å²) in [5.74, 6) is 0.675. The molecule has 0 aliphatic heterocycles. The smallest absolute Gasteiger partial charge is 0.225 e. The molecule has 2 fully saturated rings. The minimum atomic E-state index is -0.402. The predicted molar refractivity (Wildman–Crippen MR) is 62.9 cm³/mol. The number of hydrogen-bond acceptors (Lipinski definition) is 2. The third-order valence-electron chi connectivity index (χ3n) is 4.10. The van der Waals surface area contributed by atoms with E-state index in [2.05, 4.69) is 12.2 Å². The molecule has 4 atom stereocenters. The maximum atomic E-state index is 12.0. The molecule has 2 rings (SSSR count). The number of carbonyl (C=O) groups excluding carboxylic acids is 1. The van der Waals surface area contributed by atoms with Crippen molar-refractivity contribution in [3.63, 3.8) is 0 Å². The molecule has 92 valence electrons. The maximum Gasteiger partial charge on any atom is 0.225 e. The Kier molecular flexibility index (Phi) is 3.85. The molecule has 0 saturated heterocycles. The molecular formula is C13H23NO2. The zero-order valence-electron chi connectivity index (χ0n) is 10.1. The zero-order chi connectivity index (χ0) is 11.5. The van der Waals surface area contributed by atoms with Crippen molar-refractivity contribution in [2.75, 3.05) is 0 Å². The largest absolute Gasteiger partial charge is 0.392 e. The molecule has 2 saturated carbocycles. The summed E-state index contributed by atoms with van der Waals surface area (Å²) in [7, 11) is 0. The van der Waals surface area contributed by atoms with Gasteiger partial charge in [-0.3, -0.25) is 4.79 Å². The monoisotopic (exact) mass is 225 g/mol. The normalized spacial score (nSPS) is 39.6. The molecule has 0 heterocycles. The lowest BCUT2D eigenvalue weighted by Crippen LogP contribution is -2.43. The second-order valence-corrected chi connectivity index (χ2v) is 5.58. The van der Waals surface area contributed by atoms with Gasteiger partial charge in [-0.2, -0.15) is 0 Å².